The van der Waals surface area contributed by atoms with E-state index in [1.807, 2.05) is 29.5 Å². The topological polar surface area (TPSA) is 44.1 Å². The van der Waals surface area contributed by atoms with Crippen LogP contribution in [0.4, 0.5) is 0 Å². The maximum absolute atomic E-state index is 6.65. The SMILES string of the molecule is c1ccc(-c2cc(-c3cccc4oc5ccc(-c6ccc7c(c6)c6ccc(-c8cccc9c8sc8ccccc89)cc6n7-c6ccccc6)cc5c34)cc(-c3ccc4c(c3)oc3ccccc34)n2)cc1. The number of hydrogen-bond donors (Lipinski definition) is 0. The Morgan fingerprint density at radius 2 is 0.957 bits per heavy atom. The molecule has 0 aliphatic carbocycles. The standard InChI is InChI=1S/C65H38N2O2S/c1-3-13-39(14-4-1)55-35-44(36-56(66-55)43-26-30-50-49-17-7-9-22-59(49)69-62(50)38-43)46-19-12-23-61-64(46)54-34-41(28-32-60(54)68-61)40-27-31-57-53(33-40)48-29-25-42(37-58(48)67(57)45-15-5-2-6-16-45)47-20-11-21-52-51-18-8-10-24-63(51)70-65(47)52/h1-38H. The molecule has 0 aliphatic rings. The summed E-state index contributed by atoms with van der Waals surface area (Å²) in [5, 5.41) is 9.39. The average Bonchev–Trinajstić information content (AvgIpc) is 4.19. The molecular formula is C65H38N2O2S. The maximum Gasteiger partial charge on any atom is 0.136 e. The Morgan fingerprint density at radius 3 is 1.84 bits per heavy atom. The third-order valence-electron chi connectivity index (χ3n) is 14.2. The van der Waals surface area contributed by atoms with Crippen LogP contribution in [0.15, 0.2) is 239 Å². The van der Waals surface area contributed by atoms with Crippen LogP contribution in [0.3, 0.4) is 0 Å². The van der Waals surface area contributed by atoms with Crippen LogP contribution in [0.25, 0.3) is 147 Å². The van der Waals surface area contributed by atoms with Crippen LogP contribution in [0, 0.1) is 0 Å². The molecular weight excluding hydrogens is 873 g/mol. The predicted molar refractivity (Wildman–Crippen MR) is 293 cm³/mol. The Bertz CT molecular complexity index is 4590. The third kappa shape index (κ3) is 6.05. The maximum atomic E-state index is 6.65. The van der Waals surface area contributed by atoms with Crippen LogP contribution in [-0.4, -0.2) is 9.55 Å². The number of thiophene rings is 1. The normalized spacial score (nSPS) is 12.0. The summed E-state index contributed by atoms with van der Waals surface area (Å²) in [4.78, 5) is 5.29. The van der Waals surface area contributed by atoms with Crippen LogP contribution >= 0.6 is 11.3 Å². The minimum atomic E-state index is 0.844. The molecule has 0 aliphatic heterocycles. The summed E-state index contributed by atoms with van der Waals surface area (Å²) in [6.45, 7) is 0. The summed E-state index contributed by atoms with van der Waals surface area (Å²) in [5.41, 5.74) is 17.6. The molecule has 5 heterocycles. The summed E-state index contributed by atoms with van der Waals surface area (Å²) in [6, 6.07) is 82.6. The average molecular weight is 911 g/mol. The molecule has 0 saturated carbocycles. The Morgan fingerprint density at radius 1 is 0.329 bits per heavy atom. The van der Waals surface area contributed by atoms with Crippen molar-refractivity contribution in [2.75, 3.05) is 0 Å². The van der Waals surface area contributed by atoms with E-state index in [0.29, 0.717) is 0 Å². The molecule has 5 aromatic heterocycles. The van der Waals surface area contributed by atoms with Crippen molar-refractivity contribution >= 4 is 97.2 Å². The van der Waals surface area contributed by atoms with Crippen molar-refractivity contribution in [2.45, 2.75) is 0 Å². The van der Waals surface area contributed by atoms with Crippen molar-refractivity contribution in [3.05, 3.63) is 231 Å². The fourth-order valence-corrected chi connectivity index (χ4v) is 12.2. The number of hydrogen-bond acceptors (Lipinski definition) is 4. The van der Waals surface area contributed by atoms with E-state index in [1.165, 1.54) is 53.1 Å². The largest absolute Gasteiger partial charge is 0.456 e. The number of para-hydroxylation sites is 2. The summed E-state index contributed by atoms with van der Waals surface area (Å²) in [6.07, 6.45) is 0. The van der Waals surface area contributed by atoms with Gasteiger partial charge in [0.25, 0.3) is 0 Å². The lowest BCUT2D eigenvalue weighted by Crippen LogP contribution is -1.93. The minimum absolute atomic E-state index is 0.844. The Balaban J connectivity index is 0.885. The Labute approximate surface area is 405 Å². The fraction of sp³-hybridized carbons (Fsp3) is 0. The van der Waals surface area contributed by atoms with Crippen molar-refractivity contribution in [1.29, 1.82) is 0 Å². The molecule has 70 heavy (non-hydrogen) atoms. The van der Waals surface area contributed by atoms with Gasteiger partial charge in [-0.1, -0.05) is 146 Å². The molecule has 0 atom stereocenters. The minimum Gasteiger partial charge on any atom is -0.456 e. The molecule has 0 unspecified atom stereocenters. The van der Waals surface area contributed by atoms with Gasteiger partial charge in [0.2, 0.25) is 0 Å². The smallest absolute Gasteiger partial charge is 0.136 e. The number of nitrogens with zero attached hydrogens (tertiary/aromatic N) is 2. The van der Waals surface area contributed by atoms with Crippen LogP contribution in [0.5, 0.6) is 0 Å². The van der Waals surface area contributed by atoms with E-state index in [9.17, 15) is 0 Å². The highest BCUT2D eigenvalue weighted by Crippen LogP contribution is 2.45. The highest BCUT2D eigenvalue weighted by atomic mass is 32.1. The van der Waals surface area contributed by atoms with Gasteiger partial charge in [0, 0.05) is 69.3 Å². The summed E-state index contributed by atoms with van der Waals surface area (Å²) in [5.74, 6) is 0. The summed E-state index contributed by atoms with van der Waals surface area (Å²) < 4.78 is 18.1. The molecule has 15 rings (SSSR count). The molecule has 15 aromatic rings. The third-order valence-corrected chi connectivity index (χ3v) is 15.4. The molecule has 0 N–H and O–H groups in total. The quantitative estimate of drug-likeness (QED) is 0.167. The van der Waals surface area contributed by atoms with Gasteiger partial charge in [0.15, 0.2) is 0 Å². The molecule has 10 aromatic carbocycles. The Hall–Kier alpha value is -9.03. The molecule has 0 amide bonds. The van der Waals surface area contributed by atoms with Crippen LogP contribution in [0.1, 0.15) is 0 Å². The van der Waals surface area contributed by atoms with E-state index in [4.69, 9.17) is 13.8 Å². The van der Waals surface area contributed by atoms with E-state index in [1.54, 1.807) is 0 Å². The number of fused-ring (bicyclic) bond motifs is 12. The molecule has 0 spiro atoms. The van der Waals surface area contributed by atoms with Gasteiger partial charge >= 0.3 is 0 Å². The zero-order valence-electron chi connectivity index (χ0n) is 37.6. The highest BCUT2D eigenvalue weighted by Gasteiger charge is 2.20. The monoisotopic (exact) mass is 910 g/mol. The molecule has 0 fully saturated rings. The number of furan rings is 2. The van der Waals surface area contributed by atoms with Crippen molar-refractivity contribution in [2.24, 2.45) is 0 Å². The number of pyridine rings is 1. The number of rotatable bonds is 6. The molecule has 4 nitrogen and oxygen atoms in total. The first kappa shape index (κ1) is 39.0. The van der Waals surface area contributed by atoms with Gasteiger partial charge in [-0.3, -0.25) is 0 Å². The van der Waals surface area contributed by atoms with Crippen LogP contribution in [-0.2, 0) is 0 Å². The first-order valence-electron chi connectivity index (χ1n) is 23.7. The lowest BCUT2D eigenvalue weighted by Gasteiger charge is -2.11. The predicted octanol–water partition coefficient (Wildman–Crippen LogP) is 18.7. The highest BCUT2D eigenvalue weighted by molar-refractivity contribution is 7.26. The Kier molecular flexibility index (Phi) is 8.49. The second-order valence-corrected chi connectivity index (χ2v) is 19.3. The lowest BCUT2D eigenvalue weighted by molar-refractivity contribution is 0.668. The van der Waals surface area contributed by atoms with Crippen LogP contribution < -0.4 is 0 Å². The lowest BCUT2D eigenvalue weighted by atomic mass is 9.95. The first-order valence-corrected chi connectivity index (χ1v) is 24.5. The van der Waals surface area contributed by atoms with Crippen molar-refractivity contribution in [3.8, 4) is 61.6 Å². The van der Waals surface area contributed by atoms with Gasteiger partial charge in [-0.25, -0.2) is 4.98 Å². The van der Waals surface area contributed by atoms with E-state index < -0.39 is 0 Å². The zero-order valence-corrected chi connectivity index (χ0v) is 38.4. The summed E-state index contributed by atoms with van der Waals surface area (Å²) in [7, 11) is 0. The van der Waals surface area contributed by atoms with Gasteiger partial charge in [-0.2, -0.15) is 0 Å². The van der Waals surface area contributed by atoms with Gasteiger partial charge in [-0.05, 0) is 118 Å². The van der Waals surface area contributed by atoms with Gasteiger partial charge < -0.3 is 13.4 Å². The second-order valence-electron chi connectivity index (χ2n) is 18.2. The van der Waals surface area contributed by atoms with E-state index in [2.05, 4.69) is 217 Å². The molecule has 0 saturated heterocycles. The van der Waals surface area contributed by atoms with Gasteiger partial charge in [-0.15, -0.1) is 11.3 Å². The van der Waals surface area contributed by atoms with Crippen molar-refractivity contribution < 1.29 is 8.83 Å². The number of aromatic nitrogens is 2. The number of benzene rings is 10. The van der Waals surface area contributed by atoms with Gasteiger partial charge in [0.1, 0.15) is 22.3 Å². The van der Waals surface area contributed by atoms with E-state index in [0.717, 1.165) is 94.3 Å². The van der Waals surface area contributed by atoms with Crippen molar-refractivity contribution in [1.82, 2.24) is 9.55 Å². The molecule has 0 bridgehead atoms. The van der Waals surface area contributed by atoms with Crippen molar-refractivity contribution in [3.63, 3.8) is 0 Å². The summed E-state index contributed by atoms with van der Waals surface area (Å²) >= 11 is 1.88. The molecule has 0 radical (unpaired) electrons. The van der Waals surface area contributed by atoms with Crippen LogP contribution in [0.2, 0.25) is 0 Å². The van der Waals surface area contributed by atoms with E-state index >= 15 is 0 Å². The van der Waals surface area contributed by atoms with Gasteiger partial charge in [0.05, 0.1) is 22.4 Å². The molecule has 5 heteroatoms. The second kappa shape index (κ2) is 15.2. The zero-order chi connectivity index (χ0) is 45.9. The van der Waals surface area contributed by atoms with E-state index in [-0.39, 0.29) is 0 Å². The molecule has 326 valence electrons. The first-order chi connectivity index (χ1) is 34.7. The fourth-order valence-electron chi connectivity index (χ4n) is 10.9.